The third-order valence-electron chi connectivity index (χ3n) is 8.49. The summed E-state index contributed by atoms with van der Waals surface area (Å²) in [5.41, 5.74) is -0.546. The van der Waals surface area contributed by atoms with E-state index in [9.17, 15) is 79.8 Å². The van der Waals surface area contributed by atoms with Crippen LogP contribution in [0, 0.1) is 21.4 Å². The van der Waals surface area contributed by atoms with Crippen LogP contribution in [0.4, 0.5) is 11.4 Å². The molecule has 0 spiro atoms. The van der Waals surface area contributed by atoms with E-state index in [2.05, 4.69) is 21.3 Å². The van der Waals surface area contributed by atoms with Crippen LogP contribution in [0.15, 0.2) is 0 Å². The zero-order valence-electron chi connectivity index (χ0n) is 32.6. The molecule has 4 atom stereocenters. The Morgan fingerprint density at radius 2 is 0.794 bits per heavy atom. The van der Waals surface area contributed by atoms with E-state index in [4.69, 9.17) is 0 Å². The standard InChI is InChI=1S/C35H44I6N6O16/c36-22-18(24(38)28(44-30(58)16(56)12-52)26(40)20(22)34(62)46(4-6-48)8-14(54)10-50)32(60)42-2-1-3-43-33(61)19-23(37)21(35(63)47(5-7-49)9-15(55)11-51)27(41)29(25(19)39)45-31(59)17(57)13-53/h14-17,48-57H,1-13H2,(H,42,60)(H,43,61)(H,44,58)(H,45,59). The molecule has 0 radical (unpaired) electrons. The maximum atomic E-state index is 13.9. The normalized spacial score (nSPS) is 13.1. The van der Waals surface area contributed by atoms with Crippen LogP contribution in [0.2, 0.25) is 0 Å². The molecule has 14 N–H and O–H groups in total. The smallest absolute Gasteiger partial charge is 0.256 e. The zero-order valence-corrected chi connectivity index (χ0v) is 45.5. The molecule has 0 bridgehead atoms. The van der Waals surface area contributed by atoms with Gasteiger partial charge in [-0.2, -0.15) is 0 Å². The number of carbonyl (C=O) groups is 6. The van der Waals surface area contributed by atoms with E-state index in [-0.39, 0.29) is 87.6 Å². The first-order valence-electron chi connectivity index (χ1n) is 18.2. The molecular weight excluding hydrogens is 1520 g/mol. The summed E-state index contributed by atoms with van der Waals surface area (Å²) < 4.78 is 0.712. The van der Waals surface area contributed by atoms with Crippen molar-refractivity contribution in [3.63, 3.8) is 0 Å². The average molecular weight is 1570 g/mol. The largest absolute Gasteiger partial charge is 0.395 e. The lowest BCUT2D eigenvalue weighted by Gasteiger charge is -2.27. The molecule has 6 amide bonds. The summed E-state index contributed by atoms with van der Waals surface area (Å²) in [5, 5.41) is 107. The predicted octanol–water partition coefficient (Wildman–Crippen LogP) is -1.98. The topological polar surface area (TPSA) is 359 Å². The number of benzene rings is 2. The van der Waals surface area contributed by atoms with E-state index in [0.29, 0.717) is 0 Å². The van der Waals surface area contributed by atoms with E-state index >= 15 is 0 Å². The Balaban J connectivity index is 2.51. The first-order chi connectivity index (χ1) is 29.7. The van der Waals surface area contributed by atoms with Gasteiger partial charge in [-0.05, 0) is 142 Å². The molecule has 0 heterocycles. The number of aliphatic hydroxyl groups is 10. The van der Waals surface area contributed by atoms with Crippen LogP contribution in [0.25, 0.3) is 0 Å². The molecule has 2 aromatic rings. The number of hydrogen-bond acceptors (Lipinski definition) is 16. The minimum Gasteiger partial charge on any atom is -0.395 e. The van der Waals surface area contributed by atoms with Crippen molar-refractivity contribution >= 4 is 182 Å². The number of amides is 6. The first kappa shape index (κ1) is 58.4. The second kappa shape index (κ2) is 28.5. The Labute approximate surface area is 441 Å². The third-order valence-corrected chi connectivity index (χ3v) is 15.0. The molecule has 0 aliphatic rings. The third kappa shape index (κ3) is 15.6. The Hall–Kier alpha value is -0.760. The second-order valence-electron chi connectivity index (χ2n) is 13.0. The molecule has 63 heavy (non-hydrogen) atoms. The van der Waals surface area contributed by atoms with E-state index in [1.165, 1.54) is 0 Å². The fraction of sp³-hybridized carbons (Fsp3) is 0.486. The molecule has 352 valence electrons. The lowest BCUT2D eigenvalue weighted by atomic mass is 10.1. The number of rotatable bonds is 24. The molecule has 0 fully saturated rings. The fourth-order valence-corrected chi connectivity index (χ4v) is 14.1. The van der Waals surface area contributed by atoms with Crippen LogP contribution in [0.1, 0.15) is 47.9 Å². The summed E-state index contributed by atoms with van der Waals surface area (Å²) in [4.78, 5) is 83.0. The van der Waals surface area contributed by atoms with E-state index in [0.717, 1.165) is 9.80 Å². The van der Waals surface area contributed by atoms with Crippen molar-refractivity contribution in [1.29, 1.82) is 0 Å². The highest BCUT2D eigenvalue weighted by molar-refractivity contribution is 14.1. The molecule has 4 unspecified atom stereocenters. The lowest BCUT2D eigenvalue weighted by molar-refractivity contribution is -0.126. The van der Waals surface area contributed by atoms with Gasteiger partial charge < -0.3 is 82.1 Å². The first-order valence-corrected chi connectivity index (χ1v) is 24.7. The van der Waals surface area contributed by atoms with Gasteiger partial charge in [0.25, 0.3) is 35.4 Å². The fourth-order valence-electron chi connectivity index (χ4n) is 5.30. The minimum atomic E-state index is -1.86. The second-order valence-corrected chi connectivity index (χ2v) is 19.5. The van der Waals surface area contributed by atoms with Gasteiger partial charge in [0.2, 0.25) is 0 Å². The zero-order chi connectivity index (χ0) is 47.9. The predicted molar refractivity (Wildman–Crippen MR) is 274 cm³/mol. The summed E-state index contributed by atoms with van der Waals surface area (Å²) in [5.74, 6) is -5.14. The highest BCUT2D eigenvalue weighted by atomic mass is 127. The number of anilines is 2. The van der Waals surface area contributed by atoms with Gasteiger partial charge in [-0.15, -0.1) is 0 Å². The van der Waals surface area contributed by atoms with Gasteiger partial charge in [0.05, 0.1) is 99.8 Å². The molecule has 0 aromatic heterocycles. The highest BCUT2D eigenvalue weighted by Gasteiger charge is 2.34. The number of carbonyl (C=O) groups excluding carboxylic acids is 6. The van der Waals surface area contributed by atoms with Crippen LogP contribution in [0.3, 0.4) is 0 Å². The molecule has 22 nitrogen and oxygen atoms in total. The maximum Gasteiger partial charge on any atom is 0.256 e. The van der Waals surface area contributed by atoms with Gasteiger partial charge >= 0.3 is 0 Å². The molecular formula is C35H44I6N6O16. The Kier molecular flexibility index (Phi) is 26.4. The molecule has 0 saturated heterocycles. The van der Waals surface area contributed by atoms with Gasteiger partial charge in [0, 0.05) is 46.4 Å². The summed E-state index contributed by atoms with van der Waals surface area (Å²) in [6, 6.07) is 0. The minimum absolute atomic E-state index is 0.0633. The Morgan fingerprint density at radius 3 is 1.08 bits per heavy atom. The summed E-state index contributed by atoms with van der Waals surface area (Å²) in [6.45, 7) is -5.83. The number of halogens is 6. The molecule has 2 aromatic carbocycles. The summed E-state index contributed by atoms with van der Waals surface area (Å²) in [6.07, 6.45) is -6.38. The number of hydrogen-bond donors (Lipinski definition) is 14. The van der Waals surface area contributed by atoms with Crippen LogP contribution >= 0.6 is 136 Å². The van der Waals surface area contributed by atoms with Gasteiger partial charge in [-0.1, -0.05) is 0 Å². The summed E-state index contributed by atoms with van der Waals surface area (Å²) in [7, 11) is 0. The molecule has 28 heteroatoms. The molecule has 0 aliphatic heterocycles. The van der Waals surface area contributed by atoms with Crippen molar-refractivity contribution in [1.82, 2.24) is 20.4 Å². The van der Waals surface area contributed by atoms with E-state index < -0.39 is 113 Å². The monoisotopic (exact) mass is 1570 g/mol. The van der Waals surface area contributed by atoms with Crippen molar-refractivity contribution < 1.29 is 79.8 Å². The Bertz CT molecular complexity index is 1860. The lowest BCUT2D eigenvalue weighted by Crippen LogP contribution is -2.42. The number of nitrogens with zero attached hydrogens (tertiary/aromatic N) is 2. The SMILES string of the molecule is O=C(NCCCNC(=O)c1c(I)c(NC(=O)C(O)CO)c(I)c(C(=O)N(CCO)CC(O)CO)c1I)c1c(I)c(NC(=O)C(O)CO)c(I)c(C(=O)N(CCO)CC(O)CO)c1I. The number of nitrogens with one attached hydrogen (secondary N) is 4. The maximum absolute atomic E-state index is 13.9. The van der Waals surface area contributed by atoms with Crippen molar-refractivity contribution in [2.45, 2.75) is 30.8 Å². The van der Waals surface area contributed by atoms with Crippen LogP contribution in [-0.2, 0) is 9.59 Å². The van der Waals surface area contributed by atoms with Crippen molar-refractivity contribution in [3.05, 3.63) is 43.7 Å². The van der Waals surface area contributed by atoms with Crippen LogP contribution < -0.4 is 21.3 Å². The Morgan fingerprint density at radius 1 is 0.476 bits per heavy atom. The van der Waals surface area contributed by atoms with Crippen LogP contribution in [-0.4, -0.2) is 200 Å². The van der Waals surface area contributed by atoms with Gasteiger partial charge in [0.1, 0.15) is 0 Å². The number of aliphatic hydroxyl groups excluding tert-OH is 10. The van der Waals surface area contributed by atoms with E-state index in [1.54, 1.807) is 136 Å². The van der Waals surface area contributed by atoms with Gasteiger partial charge in [-0.25, -0.2) is 0 Å². The van der Waals surface area contributed by atoms with Crippen LogP contribution in [0.5, 0.6) is 0 Å². The van der Waals surface area contributed by atoms with Crippen molar-refractivity contribution in [2.75, 3.05) is 89.5 Å². The average Bonchev–Trinajstić information content (AvgIpc) is 3.24. The molecule has 0 saturated carbocycles. The van der Waals surface area contributed by atoms with E-state index in [1.807, 2.05) is 0 Å². The van der Waals surface area contributed by atoms with Gasteiger partial charge in [-0.3, -0.25) is 28.8 Å². The van der Waals surface area contributed by atoms with Crippen molar-refractivity contribution in [3.8, 4) is 0 Å². The molecule has 0 aliphatic carbocycles. The summed E-state index contributed by atoms with van der Waals surface area (Å²) >= 11 is 10.6. The van der Waals surface area contributed by atoms with Gasteiger partial charge in [0.15, 0.2) is 12.2 Å². The quantitative estimate of drug-likeness (QED) is 0.0400. The highest BCUT2D eigenvalue weighted by Crippen LogP contribution is 2.38. The van der Waals surface area contributed by atoms with Crippen molar-refractivity contribution in [2.24, 2.45) is 0 Å². The molecule has 2 rings (SSSR count).